The van der Waals surface area contributed by atoms with Gasteiger partial charge in [-0.25, -0.2) is 4.98 Å². The third-order valence-corrected chi connectivity index (χ3v) is 5.70. The van der Waals surface area contributed by atoms with Gasteiger partial charge in [-0.15, -0.1) is 0 Å². The van der Waals surface area contributed by atoms with E-state index in [0.29, 0.717) is 38.2 Å². The molecule has 0 saturated carbocycles. The number of aromatic nitrogens is 2. The summed E-state index contributed by atoms with van der Waals surface area (Å²) in [6.45, 7) is 1.01. The molecule has 142 valence electrons. The SMILES string of the molecule is O=C(O)C1(CCCCn2cnc3c2C(O)CN=CN3)Cc2ccccc2C1. The van der Waals surface area contributed by atoms with Gasteiger partial charge >= 0.3 is 5.97 Å². The summed E-state index contributed by atoms with van der Waals surface area (Å²) in [5.41, 5.74) is 2.38. The van der Waals surface area contributed by atoms with Crippen molar-refractivity contribution < 1.29 is 15.0 Å². The number of carboxylic acids is 1. The fraction of sp³-hybridized carbons (Fsp3) is 0.450. The highest BCUT2D eigenvalue weighted by Gasteiger charge is 2.43. The number of fused-ring (bicyclic) bond motifs is 2. The van der Waals surface area contributed by atoms with Crippen molar-refractivity contribution in [1.82, 2.24) is 9.55 Å². The second kappa shape index (κ2) is 7.15. The molecule has 1 aliphatic carbocycles. The quantitative estimate of drug-likeness (QED) is 0.680. The normalized spacial score (nSPS) is 19.8. The number of aliphatic hydroxyl groups is 1. The summed E-state index contributed by atoms with van der Waals surface area (Å²) in [5.74, 6) is -0.0658. The monoisotopic (exact) mass is 368 g/mol. The lowest BCUT2D eigenvalue weighted by atomic mass is 9.80. The summed E-state index contributed by atoms with van der Waals surface area (Å²) in [6, 6.07) is 8.03. The molecule has 2 aliphatic rings. The number of nitrogens with one attached hydrogen (secondary N) is 1. The van der Waals surface area contributed by atoms with Crippen molar-refractivity contribution in [2.24, 2.45) is 10.4 Å². The van der Waals surface area contributed by atoms with Crippen molar-refractivity contribution >= 4 is 18.1 Å². The first-order valence-electron chi connectivity index (χ1n) is 9.37. The van der Waals surface area contributed by atoms with Crippen molar-refractivity contribution in [2.75, 3.05) is 11.9 Å². The van der Waals surface area contributed by atoms with E-state index in [1.54, 1.807) is 12.7 Å². The maximum absolute atomic E-state index is 12.0. The van der Waals surface area contributed by atoms with Crippen LogP contribution >= 0.6 is 0 Å². The predicted molar refractivity (Wildman–Crippen MR) is 102 cm³/mol. The van der Waals surface area contributed by atoms with E-state index in [1.165, 1.54) is 0 Å². The average Bonchev–Trinajstić information content (AvgIpc) is 3.19. The van der Waals surface area contributed by atoms with Crippen molar-refractivity contribution in [3.05, 3.63) is 47.4 Å². The van der Waals surface area contributed by atoms with Crippen LogP contribution in [0.25, 0.3) is 0 Å². The second-order valence-electron chi connectivity index (χ2n) is 7.49. The molecule has 0 bridgehead atoms. The molecule has 1 unspecified atom stereocenters. The zero-order valence-corrected chi connectivity index (χ0v) is 15.1. The maximum atomic E-state index is 12.0. The Hall–Kier alpha value is -2.67. The number of carboxylic acid groups (broad SMARTS) is 1. The summed E-state index contributed by atoms with van der Waals surface area (Å²) in [4.78, 5) is 20.4. The molecule has 1 aromatic heterocycles. The summed E-state index contributed by atoms with van der Waals surface area (Å²) in [7, 11) is 0. The van der Waals surface area contributed by atoms with Crippen molar-refractivity contribution in [3.63, 3.8) is 0 Å². The summed E-state index contributed by atoms with van der Waals surface area (Å²) >= 11 is 0. The minimum Gasteiger partial charge on any atom is -0.481 e. The standard InChI is InChI=1S/C20H24N4O3/c25-16-11-21-12-22-18-17(16)24(13-23-18)8-4-3-7-20(19(26)27)9-14-5-1-2-6-15(14)10-20/h1-2,5-6,12-13,16,25H,3-4,7-11H2,(H,21,22)(H,26,27). The first kappa shape index (κ1) is 17.7. The van der Waals surface area contributed by atoms with Gasteiger partial charge in [0, 0.05) is 6.54 Å². The van der Waals surface area contributed by atoms with Crippen LogP contribution in [0.15, 0.2) is 35.6 Å². The lowest BCUT2D eigenvalue weighted by Gasteiger charge is -2.24. The Labute approximate surface area is 157 Å². The minimum absolute atomic E-state index is 0.312. The van der Waals surface area contributed by atoms with E-state index in [-0.39, 0.29) is 0 Å². The zero-order valence-electron chi connectivity index (χ0n) is 15.1. The number of hydrogen-bond acceptors (Lipinski definition) is 5. The molecule has 4 rings (SSSR count). The van der Waals surface area contributed by atoms with Crippen LogP contribution in [-0.4, -0.2) is 38.6 Å². The van der Waals surface area contributed by atoms with Gasteiger partial charge in [0.05, 0.1) is 30.3 Å². The van der Waals surface area contributed by atoms with E-state index in [4.69, 9.17) is 0 Å². The Morgan fingerprint density at radius 3 is 2.70 bits per heavy atom. The molecule has 0 saturated heterocycles. The molecule has 7 nitrogen and oxygen atoms in total. The molecule has 0 fully saturated rings. The maximum Gasteiger partial charge on any atom is 0.310 e. The molecule has 3 N–H and O–H groups in total. The fourth-order valence-corrected chi connectivity index (χ4v) is 4.25. The highest BCUT2D eigenvalue weighted by Crippen LogP contribution is 2.41. The Morgan fingerprint density at radius 1 is 1.26 bits per heavy atom. The van der Waals surface area contributed by atoms with Gasteiger partial charge < -0.3 is 20.1 Å². The van der Waals surface area contributed by atoms with Gasteiger partial charge in [0.2, 0.25) is 0 Å². The number of anilines is 1. The molecule has 7 heteroatoms. The van der Waals surface area contributed by atoms with Gasteiger partial charge in [0.25, 0.3) is 0 Å². The Balaban J connectivity index is 1.38. The highest BCUT2D eigenvalue weighted by atomic mass is 16.4. The second-order valence-corrected chi connectivity index (χ2v) is 7.49. The lowest BCUT2D eigenvalue weighted by Crippen LogP contribution is -2.31. The number of aliphatic hydroxyl groups excluding tert-OH is 1. The number of unbranched alkanes of at least 4 members (excludes halogenated alkanes) is 1. The topological polar surface area (TPSA) is 99.7 Å². The molecule has 0 radical (unpaired) electrons. The molecule has 0 amide bonds. The number of imidazole rings is 1. The molecule has 1 aromatic carbocycles. The summed E-state index contributed by atoms with van der Waals surface area (Å²) in [6.07, 6.45) is 6.12. The number of aliphatic imine (C=N–C) groups is 1. The van der Waals surface area contributed by atoms with Crippen LogP contribution in [0.1, 0.15) is 42.2 Å². The van der Waals surface area contributed by atoms with Gasteiger partial charge in [0.1, 0.15) is 6.10 Å². The van der Waals surface area contributed by atoms with Gasteiger partial charge in [-0.05, 0) is 36.8 Å². The van der Waals surface area contributed by atoms with Gasteiger partial charge in [-0.1, -0.05) is 30.7 Å². The third kappa shape index (κ3) is 3.35. The molecule has 1 aliphatic heterocycles. The first-order valence-corrected chi connectivity index (χ1v) is 9.37. The minimum atomic E-state index is -0.702. The van der Waals surface area contributed by atoms with Crippen molar-refractivity contribution in [2.45, 2.75) is 44.8 Å². The van der Waals surface area contributed by atoms with Crippen LogP contribution in [0.3, 0.4) is 0 Å². The number of aryl methyl sites for hydroxylation is 1. The molecular weight excluding hydrogens is 344 g/mol. The third-order valence-electron chi connectivity index (χ3n) is 5.70. The molecule has 1 atom stereocenters. The van der Waals surface area contributed by atoms with Gasteiger partial charge in [0.15, 0.2) is 5.82 Å². The van der Waals surface area contributed by atoms with Gasteiger partial charge in [-0.3, -0.25) is 9.79 Å². The van der Waals surface area contributed by atoms with Crippen LogP contribution in [0, 0.1) is 5.41 Å². The van der Waals surface area contributed by atoms with E-state index in [2.05, 4.69) is 15.3 Å². The number of benzene rings is 1. The number of aliphatic carboxylic acids is 1. The van der Waals surface area contributed by atoms with Crippen LogP contribution < -0.4 is 5.32 Å². The lowest BCUT2D eigenvalue weighted by molar-refractivity contribution is -0.149. The summed E-state index contributed by atoms with van der Waals surface area (Å²) < 4.78 is 1.94. The molecule has 2 aromatic rings. The smallest absolute Gasteiger partial charge is 0.310 e. The largest absolute Gasteiger partial charge is 0.481 e. The average molecular weight is 368 g/mol. The Morgan fingerprint density at radius 2 is 2.00 bits per heavy atom. The zero-order chi connectivity index (χ0) is 18.9. The Bertz CT molecular complexity index is 849. The van der Waals surface area contributed by atoms with E-state index >= 15 is 0 Å². The highest BCUT2D eigenvalue weighted by molar-refractivity contribution is 5.77. The van der Waals surface area contributed by atoms with E-state index in [9.17, 15) is 15.0 Å². The number of hydrogen-bond donors (Lipinski definition) is 3. The molecule has 27 heavy (non-hydrogen) atoms. The van der Waals surface area contributed by atoms with E-state index in [0.717, 1.165) is 29.7 Å². The van der Waals surface area contributed by atoms with Crippen molar-refractivity contribution in [3.8, 4) is 0 Å². The molecular formula is C20H24N4O3. The molecule has 2 heterocycles. The summed E-state index contributed by atoms with van der Waals surface area (Å²) in [5, 5.41) is 23.1. The number of carbonyl (C=O) groups is 1. The fourth-order valence-electron chi connectivity index (χ4n) is 4.25. The first-order chi connectivity index (χ1) is 13.1. The van der Waals surface area contributed by atoms with Crippen LogP contribution in [0.4, 0.5) is 5.82 Å². The molecule has 0 spiro atoms. The van der Waals surface area contributed by atoms with E-state index in [1.807, 2.05) is 28.8 Å². The Kier molecular flexibility index (Phi) is 4.70. The number of rotatable bonds is 6. The van der Waals surface area contributed by atoms with Crippen molar-refractivity contribution in [1.29, 1.82) is 0 Å². The number of nitrogens with zero attached hydrogens (tertiary/aromatic N) is 3. The van der Waals surface area contributed by atoms with Crippen LogP contribution in [0.2, 0.25) is 0 Å². The van der Waals surface area contributed by atoms with Gasteiger partial charge in [-0.2, -0.15) is 0 Å². The van der Waals surface area contributed by atoms with E-state index < -0.39 is 17.5 Å². The van der Waals surface area contributed by atoms with Crippen LogP contribution in [0.5, 0.6) is 0 Å². The predicted octanol–water partition coefficient (Wildman–Crippen LogP) is 2.41. The van der Waals surface area contributed by atoms with Crippen LogP contribution in [-0.2, 0) is 24.2 Å².